The lowest BCUT2D eigenvalue weighted by atomic mass is 10.1. The van der Waals surface area contributed by atoms with Crippen molar-refractivity contribution >= 4 is 5.96 Å². The highest BCUT2D eigenvalue weighted by molar-refractivity contribution is 5.79. The van der Waals surface area contributed by atoms with Crippen LogP contribution in [0.25, 0.3) is 5.69 Å². The average molecular weight is 381 g/mol. The van der Waals surface area contributed by atoms with Crippen LogP contribution in [0.5, 0.6) is 0 Å². The number of aromatic nitrogens is 4. The molecule has 0 aliphatic carbocycles. The van der Waals surface area contributed by atoms with Crippen molar-refractivity contribution in [3.05, 3.63) is 59.5 Å². The van der Waals surface area contributed by atoms with Gasteiger partial charge >= 0.3 is 0 Å². The van der Waals surface area contributed by atoms with Gasteiger partial charge in [0.25, 0.3) is 0 Å². The van der Waals surface area contributed by atoms with Crippen LogP contribution < -0.4 is 10.6 Å². The molecular weight excluding hydrogens is 354 g/mol. The van der Waals surface area contributed by atoms with Gasteiger partial charge in [0.1, 0.15) is 12.1 Å². The number of nitrogens with zero attached hydrogens (tertiary/aromatic N) is 5. The Morgan fingerprint density at radius 1 is 1.11 bits per heavy atom. The molecule has 0 fully saturated rings. The fraction of sp³-hybridized carbons (Fsp3) is 0.400. The molecule has 2 aromatic heterocycles. The smallest absolute Gasteiger partial charge is 0.191 e. The number of nitrogens with one attached hydrogen (secondary N) is 2. The van der Waals surface area contributed by atoms with Crippen molar-refractivity contribution < 1.29 is 4.52 Å². The van der Waals surface area contributed by atoms with Crippen molar-refractivity contribution in [2.45, 2.75) is 46.7 Å². The van der Waals surface area contributed by atoms with E-state index in [1.54, 1.807) is 6.33 Å². The van der Waals surface area contributed by atoms with E-state index in [1.165, 1.54) is 0 Å². The minimum absolute atomic E-state index is 0.506. The van der Waals surface area contributed by atoms with Crippen molar-refractivity contribution in [1.82, 2.24) is 30.6 Å². The lowest BCUT2D eigenvalue weighted by Crippen LogP contribution is -2.37. The number of hydrogen-bond donors (Lipinski definition) is 2. The van der Waals surface area contributed by atoms with Crippen molar-refractivity contribution in [2.75, 3.05) is 6.54 Å². The Hall–Kier alpha value is -3.16. The summed E-state index contributed by atoms with van der Waals surface area (Å²) in [5.74, 6) is 2.43. The van der Waals surface area contributed by atoms with E-state index in [2.05, 4.69) is 39.8 Å². The van der Waals surface area contributed by atoms with Crippen LogP contribution in [0, 0.1) is 0 Å². The molecule has 0 aliphatic rings. The standard InChI is InChI=1S/C20H27N7O/c1-4-17-16(18(5-2)28-26-17)12-22-20(21-6-3)23-13-19-25-24-14-27(19)15-10-8-7-9-11-15/h7-11,14H,4-6,12-13H2,1-3H3,(H2,21,22,23). The summed E-state index contributed by atoms with van der Waals surface area (Å²) in [5, 5.41) is 19.0. The number of hydrogen-bond acceptors (Lipinski definition) is 5. The van der Waals surface area contributed by atoms with Gasteiger partial charge in [0.05, 0.1) is 18.8 Å². The molecule has 3 aromatic rings. The summed E-state index contributed by atoms with van der Waals surface area (Å²) in [5.41, 5.74) is 3.07. The van der Waals surface area contributed by atoms with Gasteiger partial charge < -0.3 is 15.2 Å². The zero-order chi connectivity index (χ0) is 19.8. The Morgan fingerprint density at radius 3 is 2.64 bits per heavy atom. The fourth-order valence-corrected chi connectivity index (χ4v) is 2.96. The average Bonchev–Trinajstić information content (AvgIpc) is 3.36. The SMILES string of the molecule is CCNC(=NCc1c(CC)noc1CC)NCc1nncn1-c1ccccc1. The molecule has 2 N–H and O–H groups in total. The quantitative estimate of drug-likeness (QED) is 0.460. The third kappa shape index (κ3) is 4.57. The highest BCUT2D eigenvalue weighted by Crippen LogP contribution is 2.16. The third-order valence-corrected chi connectivity index (χ3v) is 4.41. The van der Waals surface area contributed by atoms with Crippen LogP contribution in [-0.2, 0) is 25.9 Å². The fourth-order valence-electron chi connectivity index (χ4n) is 2.96. The Labute approximate surface area is 165 Å². The van der Waals surface area contributed by atoms with Crippen molar-refractivity contribution in [1.29, 1.82) is 0 Å². The predicted molar refractivity (Wildman–Crippen MR) is 108 cm³/mol. The number of rotatable bonds is 8. The summed E-state index contributed by atoms with van der Waals surface area (Å²) in [6.45, 7) is 7.97. The largest absolute Gasteiger partial charge is 0.361 e. The van der Waals surface area contributed by atoms with E-state index in [0.29, 0.717) is 13.1 Å². The van der Waals surface area contributed by atoms with Gasteiger partial charge in [-0.15, -0.1) is 10.2 Å². The molecule has 0 saturated carbocycles. The lowest BCUT2D eigenvalue weighted by molar-refractivity contribution is 0.380. The van der Waals surface area contributed by atoms with Gasteiger partial charge in [0.15, 0.2) is 11.8 Å². The minimum Gasteiger partial charge on any atom is -0.361 e. The molecule has 0 aliphatic heterocycles. The van der Waals surface area contributed by atoms with Gasteiger partial charge in [0.2, 0.25) is 0 Å². The van der Waals surface area contributed by atoms with Crippen LogP contribution in [0.2, 0.25) is 0 Å². The molecule has 2 heterocycles. The Morgan fingerprint density at radius 2 is 1.93 bits per heavy atom. The van der Waals surface area contributed by atoms with E-state index in [9.17, 15) is 0 Å². The van der Waals surface area contributed by atoms with Gasteiger partial charge in [-0.25, -0.2) is 4.99 Å². The summed E-state index contributed by atoms with van der Waals surface area (Å²) in [6.07, 6.45) is 3.36. The molecule has 8 heteroatoms. The summed E-state index contributed by atoms with van der Waals surface area (Å²) >= 11 is 0. The molecule has 0 atom stereocenters. The van der Waals surface area contributed by atoms with Gasteiger partial charge in [-0.2, -0.15) is 0 Å². The van der Waals surface area contributed by atoms with Gasteiger partial charge in [-0.3, -0.25) is 4.57 Å². The van der Waals surface area contributed by atoms with Crippen LogP contribution >= 0.6 is 0 Å². The van der Waals surface area contributed by atoms with Crippen LogP contribution in [0.4, 0.5) is 0 Å². The Bertz CT molecular complexity index is 877. The molecule has 28 heavy (non-hydrogen) atoms. The molecule has 0 saturated heterocycles. The van der Waals surface area contributed by atoms with Crippen molar-refractivity contribution in [3.8, 4) is 5.69 Å². The second-order valence-electron chi connectivity index (χ2n) is 6.24. The first-order chi connectivity index (χ1) is 13.8. The second-order valence-corrected chi connectivity index (χ2v) is 6.24. The second kappa shape index (κ2) is 9.68. The minimum atomic E-state index is 0.506. The first-order valence-corrected chi connectivity index (χ1v) is 9.69. The van der Waals surface area contributed by atoms with Crippen molar-refractivity contribution in [2.24, 2.45) is 4.99 Å². The number of aliphatic imine (C=N–C) groups is 1. The highest BCUT2D eigenvalue weighted by atomic mass is 16.5. The molecule has 148 valence electrons. The molecular formula is C20H27N7O. The molecule has 0 bridgehead atoms. The predicted octanol–water partition coefficient (Wildman–Crippen LogP) is 2.64. The number of para-hydroxylation sites is 1. The Kier molecular flexibility index (Phi) is 6.78. The van der Waals surface area contributed by atoms with E-state index in [4.69, 9.17) is 9.52 Å². The molecule has 0 amide bonds. The van der Waals surface area contributed by atoms with Gasteiger partial charge in [-0.05, 0) is 25.5 Å². The normalized spacial score (nSPS) is 11.6. The summed E-state index contributed by atoms with van der Waals surface area (Å²) in [7, 11) is 0. The summed E-state index contributed by atoms with van der Waals surface area (Å²) in [4.78, 5) is 4.71. The molecule has 3 rings (SSSR count). The van der Waals surface area contributed by atoms with Crippen LogP contribution in [0.1, 0.15) is 43.6 Å². The topological polar surface area (TPSA) is 93.2 Å². The zero-order valence-corrected chi connectivity index (χ0v) is 16.6. The number of aryl methyl sites for hydroxylation is 2. The molecule has 8 nitrogen and oxygen atoms in total. The third-order valence-electron chi connectivity index (χ3n) is 4.41. The molecule has 0 radical (unpaired) electrons. The summed E-state index contributed by atoms with van der Waals surface area (Å²) in [6, 6.07) is 10.0. The maximum atomic E-state index is 5.43. The van der Waals surface area contributed by atoms with E-state index < -0.39 is 0 Å². The highest BCUT2D eigenvalue weighted by Gasteiger charge is 2.13. The van der Waals surface area contributed by atoms with E-state index in [1.807, 2.05) is 41.8 Å². The van der Waals surface area contributed by atoms with Crippen LogP contribution in [0.15, 0.2) is 46.2 Å². The molecule has 1 aromatic carbocycles. The molecule has 0 unspecified atom stereocenters. The lowest BCUT2D eigenvalue weighted by Gasteiger charge is -2.12. The van der Waals surface area contributed by atoms with Crippen molar-refractivity contribution in [3.63, 3.8) is 0 Å². The maximum absolute atomic E-state index is 5.43. The molecule has 0 spiro atoms. The van der Waals surface area contributed by atoms with Crippen LogP contribution in [0.3, 0.4) is 0 Å². The zero-order valence-electron chi connectivity index (χ0n) is 16.6. The summed E-state index contributed by atoms with van der Waals surface area (Å²) < 4.78 is 7.39. The number of benzene rings is 1. The number of guanidine groups is 1. The monoisotopic (exact) mass is 381 g/mol. The van der Waals surface area contributed by atoms with E-state index >= 15 is 0 Å². The maximum Gasteiger partial charge on any atom is 0.191 e. The van der Waals surface area contributed by atoms with Crippen LogP contribution in [-0.4, -0.2) is 32.4 Å². The first kappa shape index (κ1) is 19.6. The van der Waals surface area contributed by atoms with Gasteiger partial charge in [-0.1, -0.05) is 37.2 Å². The van der Waals surface area contributed by atoms with Gasteiger partial charge in [0, 0.05) is 24.2 Å². The Balaban J connectivity index is 1.72. The van der Waals surface area contributed by atoms with E-state index in [0.717, 1.165) is 53.9 Å². The van der Waals surface area contributed by atoms with E-state index in [-0.39, 0.29) is 0 Å². The first-order valence-electron chi connectivity index (χ1n) is 9.69.